The highest BCUT2D eigenvalue weighted by molar-refractivity contribution is 8.00. The van der Waals surface area contributed by atoms with Gasteiger partial charge in [0.2, 0.25) is 5.91 Å². The maximum atomic E-state index is 12.1. The highest BCUT2D eigenvalue weighted by Crippen LogP contribution is 2.41. The van der Waals surface area contributed by atoms with E-state index in [9.17, 15) is 9.59 Å². The number of amides is 1. The first-order valence-electron chi connectivity index (χ1n) is 5.54. The van der Waals surface area contributed by atoms with E-state index in [2.05, 4.69) is 0 Å². The van der Waals surface area contributed by atoms with Gasteiger partial charge in [0.25, 0.3) is 0 Å². The molecule has 0 spiro atoms. The van der Waals surface area contributed by atoms with Crippen LogP contribution in [0.2, 0.25) is 0 Å². The minimum absolute atomic E-state index is 0.141. The van der Waals surface area contributed by atoms with E-state index >= 15 is 0 Å². The van der Waals surface area contributed by atoms with Gasteiger partial charge in [-0.2, -0.15) is 0 Å². The fraction of sp³-hybridized carbons (Fsp3) is 0.636. The summed E-state index contributed by atoms with van der Waals surface area (Å²) in [5, 5.41) is 0.133. The van der Waals surface area contributed by atoms with E-state index in [1.54, 1.807) is 20.8 Å². The number of carbonyl (C=O) groups is 2. The molecule has 1 fully saturated rings. The monoisotopic (exact) mass is 290 g/mol. The number of nitrogens with zero attached hydrogens (tertiary/aromatic N) is 1. The highest BCUT2D eigenvalue weighted by atomic mass is 35.5. The quantitative estimate of drug-likeness (QED) is 0.577. The molecule has 7 heteroatoms. The van der Waals surface area contributed by atoms with Crippen LogP contribution in [0.5, 0.6) is 0 Å². The largest absolute Gasteiger partial charge is 0.455 e. The Morgan fingerprint density at radius 1 is 1.56 bits per heavy atom. The van der Waals surface area contributed by atoms with E-state index in [4.69, 9.17) is 22.1 Å². The van der Waals surface area contributed by atoms with Crippen molar-refractivity contribution in [3.8, 4) is 0 Å². The Morgan fingerprint density at radius 3 is 2.72 bits per heavy atom. The zero-order chi connectivity index (χ0) is 13.7. The third-order valence-electron chi connectivity index (χ3n) is 2.56. The molecule has 0 radical (unpaired) electrons. The van der Waals surface area contributed by atoms with Gasteiger partial charge in [-0.1, -0.05) is 11.6 Å². The number of thioether (sulfide) groups is 1. The van der Waals surface area contributed by atoms with E-state index in [0.717, 1.165) is 0 Å². The second-order valence-electron chi connectivity index (χ2n) is 5.19. The average molecular weight is 291 g/mol. The molecule has 0 aromatic carbocycles. The maximum Gasteiger partial charge on any atom is 0.356 e. The van der Waals surface area contributed by atoms with Crippen LogP contribution in [0.4, 0.5) is 0 Å². The summed E-state index contributed by atoms with van der Waals surface area (Å²) < 4.78 is 5.26. The average Bonchev–Trinajstić information content (AvgIpc) is 2.25. The maximum absolute atomic E-state index is 12.1. The number of carbonyl (C=O) groups excluding carboxylic acids is 2. The predicted octanol–water partition coefficient (Wildman–Crippen LogP) is 1.02. The number of fused-ring (bicyclic) bond motifs is 1. The SMILES string of the molecule is CC(C)(C)OC(=O)C1=C(Cl)CS[C@H]2[C@H](N)C(=O)N12. The van der Waals surface area contributed by atoms with E-state index < -0.39 is 17.6 Å². The first kappa shape index (κ1) is 13.7. The van der Waals surface area contributed by atoms with Crippen LogP contribution in [0.25, 0.3) is 0 Å². The summed E-state index contributed by atoms with van der Waals surface area (Å²) in [6, 6.07) is -0.558. The predicted molar refractivity (Wildman–Crippen MR) is 69.8 cm³/mol. The number of hydrogen-bond acceptors (Lipinski definition) is 5. The summed E-state index contributed by atoms with van der Waals surface area (Å²) in [5.74, 6) is -0.387. The van der Waals surface area contributed by atoms with Crippen LogP contribution in [0, 0.1) is 0 Å². The van der Waals surface area contributed by atoms with Crippen molar-refractivity contribution in [1.29, 1.82) is 0 Å². The van der Waals surface area contributed by atoms with Gasteiger partial charge in [-0.05, 0) is 20.8 Å². The Kier molecular flexibility index (Phi) is 3.38. The minimum Gasteiger partial charge on any atom is -0.455 e. The highest BCUT2D eigenvalue weighted by Gasteiger charge is 2.52. The number of β-lactam (4-membered cyclic amide) rings is 1. The second kappa shape index (κ2) is 4.43. The number of rotatable bonds is 1. The molecule has 0 aromatic rings. The minimum atomic E-state index is -0.628. The molecule has 0 bridgehead atoms. The molecule has 0 unspecified atom stereocenters. The summed E-state index contributed by atoms with van der Waals surface area (Å²) in [4.78, 5) is 25.1. The van der Waals surface area contributed by atoms with Crippen molar-refractivity contribution in [2.24, 2.45) is 5.73 Å². The molecule has 2 aliphatic rings. The molecule has 18 heavy (non-hydrogen) atoms. The first-order valence-corrected chi connectivity index (χ1v) is 6.97. The van der Waals surface area contributed by atoms with Crippen LogP contribution in [0.15, 0.2) is 10.7 Å². The topological polar surface area (TPSA) is 72.6 Å². The molecular formula is C11H15ClN2O3S. The van der Waals surface area contributed by atoms with Crippen LogP contribution >= 0.6 is 23.4 Å². The molecule has 2 heterocycles. The zero-order valence-corrected chi connectivity index (χ0v) is 12.0. The van der Waals surface area contributed by atoms with Crippen molar-refractivity contribution in [2.75, 3.05) is 5.75 Å². The molecule has 0 aliphatic carbocycles. The summed E-state index contributed by atoms with van der Waals surface area (Å²) in [7, 11) is 0. The Morgan fingerprint density at radius 2 is 2.17 bits per heavy atom. The van der Waals surface area contributed by atoms with Gasteiger partial charge in [0.1, 0.15) is 22.7 Å². The van der Waals surface area contributed by atoms with Gasteiger partial charge < -0.3 is 10.5 Å². The molecule has 1 saturated heterocycles. The summed E-state index contributed by atoms with van der Waals surface area (Å²) in [5.41, 5.74) is 5.20. The van der Waals surface area contributed by atoms with Crippen molar-refractivity contribution in [3.63, 3.8) is 0 Å². The van der Waals surface area contributed by atoms with Gasteiger partial charge in [-0.15, -0.1) is 11.8 Å². The van der Waals surface area contributed by atoms with E-state index in [0.29, 0.717) is 10.8 Å². The van der Waals surface area contributed by atoms with Crippen molar-refractivity contribution < 1.29 is 14.3 Å². The molecule has 0 aromatic heterocycles. The number of nitrogens with two attached hydrogens (primary N) is 1. The van der Waals surface area contributed by atoms with E-state index in [1.165, 1.54) is 16.7 Å². The molecule has 2 rings (SSSR count). The lowest BCUT2D eigenvalue weighted by atomic mass is 10.1. The van der Waals surface area contributed by atoms with Crippen molar-refractivity contribution in [1.82, 2.24) is 4.90 Å². The Hall–Kier alpha value is -0.720. The Balaban J connectivity index is 2.25. The lowest BCUT2D eigenvalue weighted by Crippen LogP contribution is -2.68. The third kappa shape index (κ3) is 2.24. The second-order valence-corrected chi connectivity index (χ2v) is 6.75. The standard InChI is InChI=1S/C11H15ClN2O3S/c1-11(2,3)17-10(16)7-5(12)4-18-9-6(13)8(15)14(7)9/h6,9H,4,13H2,1-3H3/t6-,9+/m1/s1. The summed E-state index contributed by atoms with van der Waals surface area (Å²) in [6.45, 7) is 5.29. The number of hydrogen-bond donors (Lipinski definition) is 1. The zero-order valence-electron chi connectivity index (χ0n) is 10.4. The van der Waals surface area contributed by atoms with Crippen LogP contribution < -0.4 is 5.73 Å². The number of halogens is 1. The van der Waals surface area contributed by atoms with Gasteiger partial charge in [0.15, 0.2) is 0 Å². The summed E-state index contributed by atoms with van der Waals surface area (Å²) in [6.07, 6.45) is 0. The van der Waals surface area contributed by atoms with Crippen molar-refractivity contribution in [2.45, 2.75) is 37.8 Å². The van der Waals surface area contributed by atoms with Crippen molar-refractivity contribution in [3.05, 3.63) is 10.7 Å². The lowest BCUT2D eigenvalue weighted by molar-refractivity contribution is -0.157. The molecule has 5 nitrogen and oxygen atoms in total. The van der Waals surface area contributed by atoms with Gasteiger partial charge in [-0.3, -0.25) is 9.69 Å². The molecule has 2 aliphatic heterocycles. The molecule has 0 saturated carbocycles. The van der Waals surface area contributed by atoms with Crippen LogP contribution in [0.3, 0.4) is 0 Å². The number of esters is 1. The normalized spacial score (nSPS) is 27.8. The lowest BCUT2D eigenvalue weighted by Gasteiger charge is -2.47. The van der Waals surface area contributed by atoms with Crippen molar-refractivity contribution >= 4 is 35.2 Å². The van der Waals surface area contributed by atoms with Gasteiger partial charge in [0, 0.05) is 5.75 Å². The Bertz CT molecular complexity index is 444. The molecule has 2 N–H and O–H groups in total. The van der Waals surface area contributed by atoms with E-state index in [1.807, 2.05) is 0 Å². The van der Waals surface area contributed by atoms with Gasteiger partial charge >= 0.3 is 5.97 Å². The van der Waals surface area contributed by atoms with Gasteiger partial charge in [0.05, 0.1) is 5.03 Å². The fourth-order valence-electron chi connectivity index (χ4n) is 1.80. The molecule has 2 atom stereocenters. The smallest absolute Gasteiger partial charge is 0.356 e. The Labute approximate surface area is 115 Å². The first-order chi connectivity index (χ1) is 8.22. The van der Waals surface area contributed by atoms with Crippen LogP contribution in [-0.2, 0) is 14.3 Å². The molecule has 100 valence electrons. The molecule has 1 amide bonds. The van der Waals surface area contributed by atoms with E-state index in [-0.39, 0.29) is 17.0 Å². The fourth-order valence-corrected chi connectivity index (χ4v) is 3.29. The summed E-state index contributed by atoms with van der Waals surface area (Å²) >= 11 is 7.49. The van der Waals surface area contributed by atoms with Crippen LogP contribution in [-0.4, -0.2) is 39.5 Å². The van der Waals surface area contributed by atoms with Gasteiger partial charge in [-0.25, -0.2) is 4.79 Å². The third-order valence-corrected chi connectivity index (χ3v) is 4.33. The number of ether oxygens (including phenoxy) is 1. The molecular weight excluding hydrogens is 276 g/mol. The van der Waals surface area contributed by atoms with Crippen LogP contribution in [0.1, 0.15) is 20.8 Å².